The first-order valence-electron chi connectivity index (χ1n) is 21.0. The van der Waals surface area contributed by atoms with Gasteiger partial charge in [0.1, 0.15) is 46.8 Å². The third kappa shape index (κ3) is 6.45. The number of hydrogen-bond donors (Lipinski definition) is 0. The maximum atomic E-state index is 14.4. The SMILES string of the molecule is CCCCOCCOc1cc2c(=O)c(=O)c3nc4ccccc4nc3c2c2c1ccc1ccc3c(OCCOCCCC)cc4c(=O)c(=O)c5nc6ccccc6nc5c4c3c12. The van der Waals surface area contributed by atoms with Gasteiger partial charge in [0, 0.05) is 56.3 Å². The van der Waals surface area contributed by atoms with E-state index < -0.39 is 21.7 Å². The van der Waals surface area contributed by atoms with Crippen LogP contribution in [0.2, 0.25) is 0 Å². The van der Waals surface area contributed by atoms with Crippen molar-refractivity contribution in [3.63, 3.8) is 0 Å². The standard InChI is InChI=1S/C50H40N4O8/c1-3-5-19-59-21-23-61-36-25-30-41(43-45(49(57)47(30)55)53-34-13-9-7-11-32(34)51-43)39-28(36)17-15-27-16-18-29-37(62-24-22-60-20-6-4-2)26-31-42(40(29)38(27)39)44-46(50(58)48(31)56)54-35-14-10-8-12-33(35)52-44/h7-18,25-26H,3-6,19-24H2,1-2H3. The van der Waals surface area contributed by atoms with Gasteiger partial charge in [-0.25, -0.2) is 19.9 Å². The molecule has 8 aromatic carbocycles. The number of benzene rings is 8. The number of aromatic nitrogens is 4. The largest absolute Gasteiger partial charge is 0.491 e. The van der Waals surface area contributed by atoms with Gasteiger partial charge in [-0.2, -0.15) is 0 Å². The minimum Gasteiger partial charge on any atom is -0.491 e. The Kier molecular flexibility index (Phi) is 10.2. The summed E-state index contributed by atoms with van der Waals surface area (Å²) in [6, 6.07) is 25.3. The first-order chi connectivity index (χ1) is 30.4. The van der Waals surface area contributed by atoms with E-state index in [2.05, 4.69) is 13.8 Å². The number of para-hydroxylation sites is 4. The summed E-state index contributed by atoms with van der Waals surface area (Å²) in [5.74, 6) is 0.719. The Balaban J connectivity index is 1.40. The molecular formula is C50H40N4O8. The van der Waals surface area contributed by atoms with Crippen LogP contribution in [0.3, 0.4) is 0 Å². The van der Waals surface area contributed by atoms with E-state index in [1.54, 1.807) is 36.4 Å². The second kappa shape index (κ2) is 16.1. The van der Waals surface area contributed by atoms with E-state index >= 15 is 0 Å². The zero-order valence-electron chi connectivity index (χ0n) is 34.2. The summed E-state index contributed by atoms with van der Waals surface area (Å²) in [7, 11) is 0. The maximum Gasteiger partial charge on any atom is 0.254 e. The van der Waals surface area contributed by atoms with E-state index in [-0.39, 0.29) is 46.1 Å². The fraction of sp³-hybridized carbons (Fsp3) is 0.240. The molecule has 0 saturated heterocycles. The topological polar surface area (TPSA) is 157 Å². The van der Waals surface area contributed by atoms with Gasteiger partial charge in [-0.3, -0.25) is 19.2 Å². The lowest BCUT2D eigenvalue weighted by molar-refractivity contribution is 0.0986. The molecular weight excluding hydrogens is 785 g/mol. The molecule has 0 atom stereocenters. The number of fused-ring (bicyclic) bond motifs is 15. The van der Waals surface area contributed by atoms with E-state index in [1.807, 2.05) is 48.5 Å². The zero-order valence-corrected chi connectivity index (χ0v) is 34.2. The number of hydrogen-bond acceptors (Lipinski definition) is 12. The van der Waals surface area contributed by atoms with Gasteiger partial charge < -0.3 is 18.9 Å². The number of rotatable bonds is 14. The molecule has 0 aliphatic heterocycles. The molecule has 0 bridgehead atoms. The smallest absolute Gasteiger partial charge is 0.254 e. The molecule has 12 nitrogen and oxygen atoms in total. The average molecular weight is 825 g/mol. The normalized spacial score (nSPS) is 12.1. The fourth-order valence-electron chi connectivity index (χ4n) is 8.51. The molecule has 0 amide bonds. The predicted octanol–water partition coefficient (Wildman–Crippen LogP) is 8.35. The van der Waals surface area contributed by atoms with Gasteiger partial charge in [0.2, 0.25) is 10.9 Å². The van der Waals surface area contributed by atoms with Crippen molar-refractivity contribution in [3.05, 3.63) is 126 Å². The van der Waals surface area contributed by atoms with Crippen molar-refractivity contribution in [2.24, 2.45) is 0 Å². The summed E-state index contributed by atoms with van der Waals surface area (Å²) >= 11 is 0. The molecule has 2 aromatic heterocycles. The predicted molar refractivity (Wildman–Crippen MR) is 245 cm³/mol. The highest BCUT2D eigenvalue weighted by atomic mass is 16.5. The molecule has 0 unspecified atom stereocenters. The molecule has 0 radical (unpaired) electrons. The Morgan fingerprint density at radius 2 is 0.806 bits per heavy atom. The molecule has 2 heterocycles. The highest BCUT2D eigenvalue weighted by Crippen LogP contribution is 2.46. The fourth-order valence-corrected chi connectivity index (χ4v) is 8.51. The summed E-state index contributed by atoms with van der Waals surface area (Å²) in [4.78, 5) is 76.3. The van der Waals surface area contributed by atoms with Crippen LogP contribution in [-0.4, -0.2) is 59.6 Å². The second-order valence-corrected chi connectivity index (χ2v) is 15.4. The van der Waals surface area contributed by atoms with E-state index in [9.17, 15) is 19.2 Å². The van der Waals surface area contributed by atoms with Crippen LogP contribution in [0, 0.1) is 0 Å². The van der Waals surface area contributed by atoms with E-state index in [4.69, 9.17) is 38.9 Å². The number of nitrogens with zero attached hydrogens (tertiary/aromatic N) is 4. The summed E-state index contributed by atoms with van der Waals surface area (Å²) in [6.45, 7) is 6.30. The maximum absolute atomic E-state index is 14.4. The molecule has 62 heavy (non-hydrogen) atoms. The second-order valence-electron chi connectivity index (χ2n) is 15.4. The van der Waals surface area contributed by atoms with Gasteiger partial charge in [-0.1, -0.05) is 63.1 Å². The lowest BCUT2D eigenvalue weighted by Crippen LogP contribution is -2.25. The van der Waals surface area contributed by atoms with Crippen molar-refractivity contribution in [2.75, 3.05) is 39.6 Å². The molecule has 0 aliphatic rings. The lowest BCUT2D eigenvalue weighted by Gasteiger charge is -2.18. The van der Waals surface area contributed by atoms with Crippen molar-refractivity contribution in [3.8, 4) is 11.5 Å². The van der Waals surface area contributed by atoms with Gasteiger partial charge in [0.05, 0.1) is 35.3 Å². The Bertz CT molecular complexity index is 3440. The molecule has 0 aliphatic carbocycles. The van der Waals surface area contributed by atoms with Crippen molar-refractivity contribution >= 4 is 98.0 Å². The van der Waals surface area contributed by atoms with E-state index in [1.165, 1.54) is 0 Å². The van der Waals surface area contributed by atoms with Crippen LogP contribution in [0.5, 0.6) is 11.5 Å². The van der Waals surface area contributed by atoms with Crippen molar-refractivity contribution in [2.45, 2.75) is 39.5 Å². The molecule has 0 saturated carbocycles. The Hall–Kier alpha value is -7.02. The zero-order chi connectivity index (χ0) is 42.5. The quantitative estimate of drug-likeness (QED) is 0.0448. The van der Waals surface area contributed by atoms with Crippen molar-refractivity contribution < 1.29 is 18.9 Å². The number of unbranched alkanes of at least 4 members (excludes halogenated alkanes) is 2. The number of ether oxygens (including phenoxy) is 4. The van der Waals surface area contributed by atoms with Crippen LogP contribution in [0.1, 0.15) is 39.5 Å². The molecule has 308 valence electrons. The van der Waals surface area contributed by atoms with Gasteiger partial charge in [-0.05, 0) is 72.1 Å². The van der Waals surface area contributed by atoms with Crippen LogP contribution >= 0.6 is 0 Å². The van der Waals surface area contributed by atoms with E-state index in [0.29, 0.717) is 97.7 Å². The highest BCUT2D eigenvalue weighted by molar-refractivity contribution is 6.38. The Morgan fingerprint density at radius 1 is 0.403 bits per heavy atom. The van der Waals surface area contributed by atoms with E-state index in [0.717, 1.165) is 31.1 Å². The summed E-state index contributed by atoms with van der Waals surface area (Å²) in [5, 5.41) is 4.66. The summed E-state index contributed by atoms with van der Waals surface area (Å²) in [5.41, 5.74) is -0.672. The van der Waals surface area contributed by atoms with Crippen molar-refractivity contribution in [1.82, 2.24) is 19.9 Å². The van der Waals surface area contributed by atoms with Crippen LogP contribution in [0.25, 0.3) is 98.0 Å². The van der Waals surface area contributed by atoms with Crippen LogP contribution in [-0.2, 0) is 9.47 Å². The molecule has 12 heteroatoms. The van der Waals surface area contributed by atoms with Crippen LogP contribution < -0.4 is 31.2 Å². The molecule has 0 fully saturated rings. The lowest BCUT2D eigenvalue weighted by atomic mass is 9.88. The first-order valence-corrected chi connectivity index (χ1v) is 21.0. The third-order valence-electron chi connectivity index (χ3n) is 11.5. The average Bonchev–Trinajstić information content (AvgIpc) is 3.30. The van der Waals surface area contributed by atoms with Crippen LogP contribution in [0.15, 0.2) is 104 Å². The molecule has 0 N–H and O–H groups in total. The molecule has 10 rings (SSSR count). The minimum absolute atomic E-state index is 0.0599. The summed E-state index contributed by atoms with van der Waals surface area (Å²) < 4.78 is 24.6. The Morgan fingerprint density at radius 3 is 1.21 bits per heavy atom. The van der Waals surface area contributed by atoms with Gasteiger partial charge in [-0.15, -0.1) is 0 Å². The van der Waals surface area contributed by atoms with Gasteiger partial charge in [0.15, 0.2) is 0 Å². The Labute approximate surface area is 352 Å². The molecule has 0 spiro atoms. The third-order valence-corrected chi connectivity index (χ3v) is 11.5. The van der Waals surface area contributed by atoms with Crippen LogP contribution in [0.4, 0.5) is 0 Å². The highest BCUT2D eigenvalue weighted by Gasteiger charge is 2.25. The van der Waals surface area contributed by atoms with Crippen molar-refractivity contribution in [1.29, 1.82) is 0 Å². The van der Waals surface area contributed by atoms with Gasteiger partial charge in [0.25, 0.3) is 10.9 Å². The minimum atomic E-state index is -0.779. The first kappa shape index (κ1) is 39.1. The summed E-state index contributed by atoms with van der Waals surface area (Å²) in [6.07, 6.45) is 3.79. The monoisotopic (exact) mass is 824 g/mol. The van der Waals surface area contributed by atoms with Gasteiger partial charge >= 0.3 is 0 Å². The molecule has 10 aromatic rings.